The Morgan fingerprint density at radius 3 is 2.62 bits per heavy atom. The summed E-state index contributed by atoms with van der Waals surface area (Å²) in [5.74, 6) is -0.362. The first-order chi connectivity index (χ1) is 11.6. The summed E-state index contributed by atoms with van der Waals surface area (Å²) in [7, 11) is 0. The topological polar surface area (TPSA) is 58.2 Å². The van der Waals surface area contributed by atoms with Crippen molar-refractivity contribution in [3.8, 4) is 0 Å². The SMILES string of the molecule is O=C(NCCc1cccc(F)c1)c1cccc(NC(=O)C2CC2)c1. The minimum atomic E-state index is -0.280. The van der Waals surface area contributed by atoms with Crippen molar-refractivity contribution in [3.05, 3.63) is 65.5 Å². The summed E-state index contributed by atoms with van der Waals surface area (Å²) in [6.45, 7) is 0.418. The summed E-state index contributed by atoms with van der Waals surface area (Å²) in [6, 6.07) is 13.2. The Bertz CT molecular complexity index is 757. The summed E-state index contributed by atoms with van der Waals surface area (Å²) in [5.41, 5.74) is 1.95. The van der Waals surface area contributed by atoms with Crippen LogP contribution in [0, 0.1) is 11.7 Å². The summed E-state index contributed by atoms with van der Waals surface area (Å²) < 4.78 is 13.1. The van der Waals surface area contributed by atoms with Gasteiger partial charge in [0.15, 0.2) is 0 Å². The molecular weight excluding hydrogens is 307 g/mol. The number of amides is 2. The molecule has 5 heteroatoms. The van der Waals surface area contributed by atoms with Crippen LogP contribution in [0.4, 0.5) is 10.1 Å². The van der Waals surface area contributed by atoms with Crippen LogP contribution in [0.3, 0.4) is 0 Å². The van der Waals surface area contributed by atoms with Crippen LogP contribution in [-0.2, 0) is 11.2 Å². The first-order valence-electron chi connectivity index (χ1n) is 8.05. The smallest absolute Gasteiger partial charge is 0.251 e. The molecule has 1 fully saturated rings. The second-order valence-corrected chi connectivity index (χ2v) is 5.98. The number of carbonyl (C=O) groups excluding carboxylic acids is 2. The molecule has 0 bridgehead atoms. The van der Waals surface area contributed by atoms with Gasteiger partial charge >= 0.3 is 0 Å². The second-order valence-electron chi connectivity index (χ2n) is 5.98. The van der Waals surface area contributed by atoms with Crippen LogP contribution in [0.15, 0.2) is 48.5 Å². The van der Waals surface area contributed by atoms with Gasteiger partial charge in [0, 0.05) is 23.7 Å². The van der Waals surface area contributed by atoms with E-state index in [9.17, 15) is 14.0 Å². The molecule has 2 aromatic carbocycles. The molecule has 3 rings (SSSR count). The maximum absolute atomic E-state index is 13.1. The molecule has 0 saturated heterocycles. The predicted octanol–water partition coefficient (Wildman–Crippen LogP) is 3.15. The van der Waals surface area contributed by atoms with Crippen molar-refractivity contribution in [1.29, 1.82) is 0 Å². The normalized spacial score (nSPS) is 13.4. The molecule has 1 saturated carbocycles. The third-order valence-electron chi connectivity index (χ3n) is 3.93. The molecule has 0 spiro atoms. The van der Waals surface area contributed by atoms with Gasteiger partial charge in [-0.1, -0.05) is 18.2 Å². The molecule has 124 valence electrons. The Labute approximate surface area is 140 Å². The van der Waals surface area contributed by atoms with Gasteiger partial charge in [-0.3, -0.25) is 9.59 Å². The lowest BCUT2D eigenvalue weighted by Gasteiger charge is -2.08. The molecule has 2 amide bonds. The van der Waals surface area contributed by atoms with Gasteiger partial charge in [0.25, 0.3) is 5.91 Å². The van der Waals surface area contributed by atoms with E-state index in [2.05, 4.69) is 10.6 Å². The summed E-state index contributed by atoms with van der Waals surface area (Å²) in [4.78, 5) is 24.0. The van der Waals surface area contributed by atoms with E-state index in [1.807, 2.05) is 6.07 Å². The average Bonchev–Trinajstić information content (AvgIpc) is 3.40. The fraction of sp³-hybridized carbons (Fsp3) is 0.263. The van der Waals surface area contributed by atoms with E-state index < -0.39 is 0 Å². The number of halogens is 1. The Hall–Kier alpha value is -2.69. The fourth-order valence-corrected chi connectivity index (χ4v) is 2.44. The van der Waals surface area contributed by atoms with Gasteiger partial charge in [-0.2, -0.15) is 0 Å². The standard InChI is InChI=1S/C19H19FN2O2/c20-16-5-1-3-13(11-16)9-10-21-18(23)15-4-2-6-17(12-15)22-19(24)14-7-8-14/h1-6,11-12,14H,7-10H2,(H,21,23)(H,22,24). The van der Waals surface area contributed by atoms with Gasteiger partial charge in [0.05, 0.1) is 0 Å². The number of anilines is 1. The van der Waals surface area contributed by atoms with E-state index in [0.717, 1.165) is 18.4 Å². The molecular formula is C19H19FN2O2. The third-order valence-corrected chi connectivity index (χ3v) is 3.93. The predicted molar refractivity (Wildman–Crippen MR) is 90.2 cm³/mol. The highest BCUT2D eigenvalue weighted by Crippen LogP contribution is 2.30. The average molecular weight is 326 g/mol. The third kappa shape index (κ3) is 4.41. The van der Waals surface area contributed by atoms with Crippen molar-refractivity contribution in [1.82, 2.24) is 5.32 Å². The number of rotatable bonds is 6. The highest BCUT2D eigenvalue weighted by atomic mass is 19.1. The number of benzene rings is 2. The van der Waals surface area contributed by atoms with E-state index in [1.165, 1.54) is 12.1 Å². The maximum atomic E-state index is 13.1. The highest BCUT2D eigenvalue weighted by Gasteiger charge is 2.29. The first kappa shape index (κ1) is 16.2. The van der Waals surface area contributed by atoms with E-state index in [-0.39, 0.29) is 23.5 Å². The van der Waals surface area contributed by atoms with Gasteiger partial charge in [0.1, 0.15) is 5.82 Å². The molecule has 2 aromatic rings. The van der Waals surface area contributed by atoms with Crippen molar-refractivity contribution >= 4 is 17.5 Å². The number of hydrogen-bond acceptors (Lipinski definition) is 2. The quantitative estimate of drug-likeness (QED) is 0.857. The van der Waals surface area contributed by atoms with E-state index >= 15 is 0 Å². The highest BCUT2D eigenvalue weighted by molar-refractivity contribution is 5.98. The minimum absolute atomic E-state index is 0.0127. The zero-order valence-corrected chi connectivity index (χ0v) is 13.2. The van der Waals surface area contributed by atoms with Crippen molar-refractivity contribution < 1.29 is 14.0 Å². The van der Waals surface area contributed by atoms with Crippen LogP contribution in [-0.4, -0.2) is 18.4 Å². The molecule has 0 atom stereocenters. The van der Waals surface area contributed by atoms with Gasteiger partial charge < -0.3 is 10.6 Å². The number of hydrogen-bond donors (Lipinski definition) is 2. The van der Waals surface area contributed by atoms with Crippen LogP contribution in [0.1, 0.15) is 28.8 Å². The molecule has 1 aliphatic carbocycles. The van der Waals surface area contributed by atoms with E-state index in [4.69, 9.17) is 0 Å². The molecule has 0 unspecified atom stereocenters. The zero-order chi connectivity index (χ0) is 16.9. The van der Waals surface area contributed by atoms with Gasteiger partial charge in [-0.15, -0.1) is 0 Å². The zero-order valence-electron chi connectivity index (χ0n) is 13.2. The van der Waals surface area contributed by atoms with Crippen molar-refractivity contribution in [2.24, 2.45) is 5.92 Å². The lowest BCUT2D eigenvalue weighted by atomic mass is 10.1. The first-order valence-corrected chi connectivity index (χ1v) is 8.05. The molecule has 4 nitrogen and oxygen atoms in total. The van der Waals surface area contributed by atoms with Crippen LogP contribution in [0.2, 0.25) is 0 Å². The van der Waals surface area contributed by atoms with Gasteiger partial charge in [-0.05, 0) is 55.2 Å². The molecule has 0 heterocycles. The monoisotopic (exact) mass is 326 g/mol. The van der Waals surface area contributed by atoms with Crippen LogP contribution < -0.4 is 10.6 Å². The van der Waals surface area contributed by atoms with Crippen LogP contribution >= 0.6 is 0 Å². The van der Waals surface area contributed by atoms with Gasteiger partial charge in [-0.25, -0.2) is 4.39 Å². The molecule has 0 radical (unpaired) electrons. The number of nitrogens with one attached hydrogen (secondary N) is 2. The van der Waals surface area contributed by atoms with Crippen molar-refractivity contribution in [2.45, 2.75) is 19.3 Å². The maximum Gasteiger partial charge on any atom is 0.251 e. The van der Waals surface area contributed by atoms with Crippen LogP contribution in [0.25, 0.3) is 0 Å². The van der Waals surface area contributed by atoms with Crippen molar-refractivity contribution in [3.63, 3.8) is 0 Å². The van der Waals surface area contributed by atoms with Crippen LogP contribution in [0.5, 0.6) is 0 Å². The largest absolute Gasteiger partial charge is 0.352 e. The summed E-state index contributed by atoms with van der Waals surface area (Å²) in [5, 5.41) is 5.64. The Morgan fingerprint density at radius 1 is 1.08 bits per heavy atom. The molecule has 0 aromatic heterocycles. The fourth-order valence-electron chi connectivity index (χ4n) is 2.44. The molecule has 0 aliphatic heterocycles. The Morgan fingerprint density at radius 2 is 1.88 bits per heavy atom. The lowest BCUT2D eigenvalue weighted by Crippen LogP contribution is -2.25. The van der Waals surface area contributed by atoms with Gasteiger partial charge in [0.2, 0.25) is 5.91 Å². The molecule has 24 heavy (non-hydrogen) atoms. The van der Waals surface area contributed by atoms with E-state index in [1.54, 1.807) is 30.3 Å². The number of carbonyl (C=O) groups is 2. The summed E-state index contributed by atoms with van der Waals surface area (Å²) >= 11 is 0. The minimum Gasteiger partial charge on any atom is -0.352 e. The Kier molecular flexibility index (Phi) is 4.89. The van der Waals surface area contributed by atoms with Crippen molar-refractivity contribution in [2.75, 3.05) is 11.9 Å². The second kappa shape index (κ2) is 7.25. The lowest BCUT2D eigenvalue weighted by molar-refractivity contribution is -0.117. The molecule has 2 N–H and O–H groups in total. The van der Waals surface area contributed by atoms with E-state index in [0.29, 0.717) is 24.2 Å². The molecule has 1 aliphatic rings. The summed E-state index contributed by atoms with van der Waals surface area (Å²) in [6.07, 6.45) is 2.43. The Balaban J connectivity index is 1.53.